The number of benzene rings is 2. The van der Waals surface area contributed by atoms with Gasteiger partial charge in [-0.25, -0.2) is 0 Å². The van der Waals surface area contributed by atoms with E-state index in [0.717, 1.165) is 22.0 Å². The SMILES string of the molecule is Cc1ccc(C(C)C)c(OCC(=O)N=Nc2c(O)n(C)c3ccccc23)c1. The summed E-state index contributed by atoms with van der Waals surface area (Å²) in [7, 11) is 1.73. The fourth-order valence-electron chi connectivity index (χ4n) is 2.98. The van der Waals surface area contributed by atoms with E-state index >= 15 is 0 Å². The number of ether oxygens (including phenoxy) is 1. The maximum Gasteiger partial charge on any atom is 0.302 e. The lowest BCUT2D eigenvalue weighted by Gasteiger charge is -2.13. The predicted octanol–water partition coefficient (Wildman–Crippen LogP) is 5.01. The Hall–Kier alpha value is -3.15. The van der Waals surface area contributed by atoms with Gasteiger partial charge in [0.1, 0.15) is 5.75 Å². The number of aromatic nitrogens is 1. The third kappa shape index (κ3) is 3.84. The van der Waals surface area contributed by atoms with E-state index in [1.165, 1.54) is 0 Å². The highest BCUT2D eigenvalue weighted by molar-refractivity contribution is 5.95. The van der Waals surface area contributed by atoms with Crippen molar-refractivity contribution < 1.29 is 14.6 Å². The molecule has 0 aliphatic heterocycles. The van der Waals surface area contributed by atoms with Crippen LogP contribution in [0.15, 0.2) is 52.7 Å². The maximum absolute atomic E-state index is 12.1. The third-order valence-electron chi connectivity index (χ3n) is 4.45. The summed E-state index contributed by atoms with van der Waals surface area (Å²) in [6, 6.07) is 13.3. The first-order valence-electron chi connectivity index (χ1n) is 8.82. The molecular weight excluding hydrogens is 342 g/mol. The fraction of sp³-hybridized carbons (Fsp3) is 0.286. The number of aromatic hydroxyl groups is 1. The van der Waals surface area contributed by atoms with Gasteiger partial charge >= 0.3 is 5.91 Å². The molecule has 0 saturated carbocycles. The zero-order valence-corrected chi connectivity index (χ0v) is 15.9. The van der Waals surface area contributed by atoms with Crippen LogP contribution in [-0.2, 0) is 11.8 Å². The van der Waals surface area contributed by atoms with Crippen LogP contribution in [0.5, 0.6) is 11.6 Å². The van der Waals surface area contributed by atoms with Gasteiger partial charge in [-0.05, 0) is 36.1 Å². The first-order valence-corrected chi connectivity index (χ1v) is 8.82. The number of fused-ring (bicyclic) bond motifs is 1. The molecule has 3 rings (SSSR count). The van der Waals surface area contributed by atoms with Gasteiger partial charge in [-0.15, -0.1) is 10.2 Å². The fourth-order valence-corrected chi connectivity index (χ4v) is 2.98. The van der Waals surface area contributed by atoms with E-state index in [4.69, 9.17) is 4.74 Å². The number of azo groups is 1. The second kappa shape index (κ2) is 7.61. The lowest BCUT2D eigenvalue weighted by molar-refractivity contribution is -0.120. The van der Waals surface area contributed by atoms with Crippen molar-refractivity contribution in [3.8, 4) is 11.6 Å². The van der Waals surface area contributed by atoms with Gasteiger partial charge in [-0.3, -0.25) is 4.79 Å². The van der Waals surface area contributed by atoms with E-state index in [1.54, 1.807) is 11.6 Å². The van der Waals surface area contributed by atoms with Gasteiger partial charge in [-0.1, -0.05) is 44.2 Å². The Balaban J connectivity index is 1.76. The van der Waals surface area contributed by atoms with E-state index in [9.17, 15) is 9.90 Å². The molecule has 6 nitrogen and oxygen atoms in total. The molecule has 0 spiro atoms. The molecule has 6 heteroatoms. The van der Waals surface area contributed by atoms with Crippen molar-refractivity contribution in [3.63, 3.8) is 0 Å². The molecule has 0 saturated heterocycles. The van der Waals surface area contributed by atoms with Gasteiger partial charge < -0.3 is 14.4 Å². The molecule has 3 aromatic rings. The Labute approximate surface area is 158 Å². The molecule has 0 bridgehead atoms. The average molecular weight is 365 g/mol. The molecule has 0 atom stereocenters. The highest BCUT2D eigenvalue weighted by atomic mass is 16.5. The van der Waals surface area contributed by atoms with E-state index in [-0.39, 0.29) is 24.1 Å². The van der Waals surface area contributed by atoms with Gasteiger partial charge in [0, 0.05) is 12.4 Å². The van der Waals surface area contributed by atoms with Gasteiger partial charge in [0.2, 0.25) is 5.88 Å². The molecule has 0 unspecified atom stereocenters. The topological polar surface area (TPSA) is 76.2 Å². The third-order valence-corrected chi connectivity index (χ3v) is 4.45. The summed E-state index contributed by atoms with van der Waals surface area (Å²) in [5.74, 6) is 0.416. The van der Waals surface area contributed by atoms with E-state index < -0.39 is 5.91 Å². The van der Waals surface area contributed by atoms with Crippen LogP contribution in [0.25, 0.3) is 10.9 Å². The van der Waals surface area contributed by atoms with Crippen LogP contribution in [0.3, 0.4) is 0 Å². The van der Waals surface area contributed by atoms with E-state index in [0.29, 0.717) is 5.75 Å². The summed E-state index contributed by atoms with van der Waals surface area (Å²) in [4.78, 5) is 12.1. The van der Waals surface area contributed by atoms with Crippen molar-refractivity contribution in [3.05, 3.63) is 53.6 Å². The smallest absolute Gasteiger partial charge is 0.302 e. The van der Waals surface area contributed by atoms with Gasteiger partial charge in [-0.2, -0.15) is 0 Å². The first kappa shape index (κ1) is 18.6. The Morgan fingerprint density at radius 2 is 1.96 bits per heavy atom. The van der Waals surface area contributed by atoms with Crippen LogP contribution in [0.1, 0.15) is 30.9 Å². The van der Waals surface area contributed by atoms with Crippen LogP contribution >= 0.6 is 0 Å². The largest absolute Gasteiger partial charge is 0.493 e. The Morgan fingerprint density at radius 1 is 1.22 bits per heavy atom. The average Bonchev–Trinajstić information content (AvgIpc) is 2.89. The molecule has 0 aliphatic rings. The van der Waals surface area contributed by atoms with Crippen molar-refractivity contribution in [2.75, 3.05) is 6.61 Å². The summed E-state index contributed by atoms with van der Waals surface area (Å²) in [6.45, 7) is 5.91. The highest BCUT2D eigenvalue weighted by Crippen LogP contribution is 2.37. The lowest BCUT2D eigenvalue weighted by Crippen LogP contribution is -2.09. The molecule has 2 aromatic carbocycles. The normalized spacial score (nSPS) is 11.6. The molecule has 140 valence electrons. The number of rotatable bonds is 5. The van der Waals surface area contributed by atoms with Crippen molar-refractivity contribution in [1.82, 2.24) is 4.57 Å². The Morgan fingerprint density at radius 3 is 2.70 bits per heavy atom. The first-order chi connectivity index (χ1) is 12.9. The molecule has 0 aliphatic carbocycles. The van der Waals surface area contributed by atoms with Crippen molar-refractivity contribution in [1.29, 1.82) is 0 Å². The lowest BCUT2D eigenvalue weighted by atomic mass is 10.0. The molecule has 1 amide bonds. The minimum atomic E-state index is -0.515. The Bertz CT molecular complexity index is 1020. The van der Waals surface area contributed by atoms with Crippen LogP contribution in [0.4, 0.5) is 5.69 Å². The molecular formula is C21H23N3O3. The van der Waals surface area contributed by atoms with Crippen molar-refractivity contribution >= 4 is 22.5 Å². The van der Waals surface area contributed by atoms with Crippen molar-refractivity contribution in [2.24, 2.45) is 17.3 Å². The van der Waals surface area contributed by atoms with Crippen molar-refractivity contribution in [2.45, 2.75) is 26.7 Å². The summed E-state index contributed by atoms with van der Waals surface area (Å²) in [5.41, 5.74) is 3.19. The van der Waals surface area contributed by atoms with Crippen LogP contribution in [0.2, 0.25) is 0 Å². The standard InChI is InChI=1S/C21H23N3O3/c1-13(2)15-10-9-14(3)11-18(15)27-12-19(25)22-23-20-16-7-5-6-8-17(16)24(4)21(20)26/h5-11,13,26H,12H2,1-4H3. The van der Waals surface area contributed by atoms with Crippen LogP contribution < -0.4 is 4.74 Å². The summed E-state index contributed by atoms with van der Waals surface area (Å²) < 4.78 is 7.28. The number of carbonyl (C=O) groups excluding carboxylic acids is 1. The number of nitrogens with zero attached hydrogens (tertiary/aromatic N) is 3. The van der Waals surface area contributed by atoms with E-state index in [2.05, 4.69) is 24.1 Å². The van der Waals surface area contributed by atoms with E-state index in [1.807, 2.05) is 49.4 Å². The summed E-state index contributed by atoms with van der Waals surface area (Å²) in [6.07, 6.45) is 0. The second-order valence-corrected chi connectivity index (χ2v) is 6.83. The highest BCUT2D eigenvalue weighted by Gasteiger charge is 2.14. The van der Waals surface area contributed by atoms with Crippen LogP contribution in [-0.4, -0.2) is 22.2 Å². The number of aryl methyl sites for hydroxylation is 2. The molecule has 0 fully saturated rings. The number of hydrogen-bond donors (Lipinski definition) is 1. The second-order valence-electron chi connectivity index (χ2n) is 6.83. The summed E-state index contributed by atoms with van der Waals surface area (Å²) >= 11 is 0. The molecule has 1 N–H and O–H groups in total. The molecule has 1 heterocycles. The monoisotopic (exact) mass is 365 g/mol. The predicted molar refractivity (Wildman–Crippen MR) is 105 cm³/mol. The van der Waals surface area contributed by atoms with Gasteiger partial charge in [0.05, 0.1) is 5.52 Å². The molecule has 0 radical (unpaired) electrons. The number of hydrogen-bond acceptors (Lipinski definition) is 4. The van der Waals surface area contributed by atoms with Gasteiger partial charge in [0.25, 0.3) is 0 Å². The summed E-state index contributed by atoms with van der Waals surface area (Å²) in [5, 5.41) is 18.7. The molecule has 27 heavy (non-hydrogen) atoms. The molecule has 1 aromatic heterocycles. The minimum Gasteiger partial charge on any atom is -0.493 e. The quantitative estimate of drug-likeness (QED) is 0.646. The maximum atomic E-state index is 12.1. The van der Waals surface area contributed by atoms with Gasteiger partial charge in [0.15, 0.2) is 12.3 Å². The van der Waals surface area contributed by atoms with Crippen LogP contribution in [0, 0.1) is 6.92 Å². The zero-order valence-electron chi connectivity index (χ0n) is 15.9. The number of carbonyl (C=O) groups is 1. The minimum absolute atomic E-state index is 0.0329. The zero-order chi connectivity index (χ0) is 19.6. The number of para-hydroxylation sites is 1. The number of amides is 1. The Kier molecular flexibility index (Phi) is 5.26.